The fourth-order valence-corrected chi connectivity index (χ4v) is 3.19. The largest absolute Gasteiger partial charge is 0.506 e. The molecule has 0 amide bonds. The van der Waals surface area contributed by atoms with Gasteiger partial charge in [-0.3, -0.25) is 9.38 Å². The smallest absolute Gasteiger partial charge is 0.168 e. The van der Waals surface area contributed by atoms with E-state index >= 15 is 0 Å². The van der Waals surface area contributed by atoms with Gasteiger partial charge in [-0.1, -0.05) is 6.07 Å². The number of nitrogens with zero attached hydrogens (tertiary/aromatic N) is 4. The molecule has 0 aliphatic carbocycles. The number of methoxy groups -OCH3 is 1. The first-order chi connectivity index (χ1) is 13.2. The van der Waals surface area contributed by atoms with E-state index in [0.717, 1.165) is 16.8 Å². The molecule has 0 fully saturated rings. The molecule has 1 aromatic carbocycles. The van der Waals surface area contributed by atoms with Crippen LogP contribution in [0.3, 0.4) is 0 Å². The van der Waals surface area contributed by atoms with E-state index in [1.165, 1.54) is 19.4 Å². The van der Waals surface area contributed by atoms with E-state index in [1.54, 1.807) is 30.7 Å². The molecule has 27 heavy (non-hydrogen) atoms. The van der Waals surface area contributed by atoms with Gasteiger partial charge in [-0.15, -0.1) is 10.2 Å². The van der Waals surface area contributed by atoms with Crippen molar-refractivity contribution >= 4 is 5.65 Å². The van der Waals surface area contributed by atoms with Crippen LogP contribution in [0.4, 0.5) is 4.39 Å². The first kappa shape index (κ1) is 17.0. The molecule has 0 atom stereocenters. The van der Waals surface area contributed by atoms with Crippen LogP contribution in [0.25, 0.3) is 16.8 Å². The highest BCUT2D eigenvalue weighted by molar-refractivity contribution is 5.77. The van der Waals surface area contributed by atoms with Crippen LogP contribution in [0.5, 0.6) is 11.5 Å². The van der Waals surface area contributed by atoms with Crippen LogP contribution in [-0.2, 0) is 12.8 Å². The molecular formula is C20H17FN4O2. The number of hydrogen-bond acceptors (Lipinski definition) is 5. The van der Waals surface area contributed by atoms with Gasteiger partial charge < -0.3 is 9.84 Å². The molecule has 6 nitrogen and oxygen atoms in total. The molecule has 7 heteroatoms. The van der Waals surface area contributed by atoms with E-state index in [-0.39, 0.29) is 11.6 Å². The molecule has 4 aromatic rings. The van der Waals surface area contributed by atoms with Crippen molar-refractivity contribution in [2.45, 2.75) is 12.8 Å². The van der Waals surface area contributed by atoms with E-state index in [4.69, 9.17) is 4.74 Å². The Balaban J connectivity index is 1.69. The summed E-state index contributed by atoms with van der Waals surface area (Å²) in [7, 11) is 1.54. The molecule has 0 aliphatic rings. The fraction of sp³-hybridized carbons (Fsp3) is 0.150. The first-order valence-electron chi connectivity index (χ1n) is 8.45. The van der Waals surface area contributed by atoms with Gasteiger partial charge in [0.15, 0.2) is 5.65 Å². The van der Waals surface area contributed by atoms with Crippen molar-refractivity contribution in [3.63, 3.8) is 0 Å². The lowest BCUT2D eigenvalue weighted by Gasteiger charge is -2.11. The highest BCUT2D eigenvalue weighted by Crippen LogP contribution is 2.27. The summed E-state index contributed by atoms with van der Waals surface area (Å²) in [5, 5.41) is 17.9. The van der Waals surface area contributed by atoms with Crippen molar-refractivity contribution < 1.29 is 14.2 Å². The van der Waals surface area contributed by atoms with Crippen LogP contribution in [0, 0.1) is 5.82 Å². The number of fused-ring (bicyclic) bond motifs is 1. The Bertz CT molecular complexity index is 1110. The summed E-state index contributed by atoms with van der Waals surface area (Å²) < 4.78 is 21.3. The summed E-state index contributed by atoms with van der Waals surface area (Å²) in [6.45, 7) is 0. The maximum absolute atomic E-state index is 14.2. The van der Waals surface area contributed by atoms with Gasteiger partial charge in [0.2, 0.25) is 0 Å². The van der Waals surface area contributed by atoms with Crippen molar-refractivity contribution in [1.82, 2.24) is 19.6 Å². The zero-order valence-corrected chi connectivity index (χ0v) is 14.6. The Labute approximate surface area is 154 Å². The standard InChI is InChI=1S/C20H17FN4O2/c1-27-19-4-2-3-18(21)17(19)8-6-14-5-7-16(20-24-23-12-25(14)20)13-9-15(26)11-22-10-13/h2-5,7,9-12,26H,6,8H2,1H3. The van der Waals surface area contributed by atoms with Gasteiger partial charge in [0, 0.05) is 28.6 Å². The third kappa shape index (κ3) is 3.19. The minimum absolute atomic E-state index is 0.0842. The normalized spacial score (nSPS) is 11.0. The third-order valence-corrected chi connectivity index (χ3v) is 4.50. The second-order valence-electron chi connectivity index (χ2n) is 6.12. The predicted octanol–water partition coefficient (Wildman–Crippen LogP) is 3.43. The number of aryl methyl sites for hydroxylation is 1. The Morgan fingerprint density at radius 3 is 2.85 bits per heavy atom. The molecule has 0 radical (unpaired) electrons. The lowest BCUT2D eigenvalue weighted by molar-refractivity contribution is 0.404. The number of ether oxygens (including phenoxy) is 1. The van der Waals surface area contributed by atoms with Crippen molar-refractivity contribution in [2.75, 3.05) is 7.11 Å². The average molecular weight is 364 g/mol. The quantitative estimate of drug-likeness (QED) is 0.587. The van der Waals surface area contributed by atoms with Crippen LogP contribution >= 0.6 is 0 Å². The van der Waals surface area contributed by atoms with Crippen molar-refractivity contribution in [3.8, 4) is 22.6 Å². The summed E-state index contributed by atoms with van der Waals surface area (Å²) >= 11 is 0. The summed E-state index contributed by atoms with van der Waals surface area (Å²) in [5.41, 5.74) is 3.69. The monoisotopic (exact) mass is 364 g/mol. The van der Waals surface area contributed by atoms with E-state index < -0.39 is 0 Å². The number of rotatable bonds is 5. The Morgan fingerprint density at radius 2 is 2.04 bits per heavy atom. The minimum Gasteiger partial charge on any atom is -0.506 e. The van der Waals surface area contributed by atoms with Crippen LogP contribution in [0.15, 0.2) is 55.1 Å². The molecule has 136 valence electrons. The summed E-state index contributed by atoms with van der Waals surface area (Å²) in [4.78, 5) is 4.02. The fourth-order valence-electron chi connectivity index (χ4n) is 3.19. The van der Waals surface area contributed by atoms with Crippen molar-refractivity contribution in [1.29, 1.82) is 0 Å². The lowest BCUT2D eigenvalue weighted by Crippen LogP contribution is -2.03. The van der Waals surface area contributed by atoms with Crippen LogP contribution in [-0.4, -0.2) is 31.8 Å². The van der Waals surface area contributed by atoms with Gasteiger partial charge >= 0.3 is 0 Å². The Kier molecular flexibility index (Phi) is 4.42. The van der Waals surface area contributed by atoms with E-state index in [1.807, 2.05) is 16.5 Å². The molecule has 4 rings (SSSR count). The highest BCUT2D eigenvalue weighted by atomic mass is 19.1. The molecule has 0 saturated heterocycles. The van der Waals surface area contributed by atoms with Gasteiger partial charge in [-0.25, -0.2) is 4.39 Å². The average Bonchev–Trinajstić information content (AvgIpc) is 3.16. The number of hydrogen-bond donors (Lipinski definition) is 1. The Hall–Kier alpha value is -3.48. The van der Waals surface area contributed by atoms with E-state index in [9.17, 15) is 9.50 Å². The Morgan fingerprint density at radius 1 is 1.15 bits per heavy atom. The molecule has 3 heterocycles. The summed E-state index contributed by atoms with van der Waals surface area (Å²) in [6.07, 6.45) is 5.73. The third-order valence-electron chi connectivity index (χ3n) is 4.50. The SMILES string of the molecule is COc1cccc(F)c1CCc1ccc(-c2cncc(O)c2)c2nncn12. The molecule has 3 aromatic heterocycles. The highest BCUT2D eigenvalue weighted by Gasteiger charge is 2.13. The summed E-state index contributed by atoms with van der Waals surface area (Å²) in [6, 6.07) is 10.3. The molecular weight excluding hydrogens is 347 g/mol. The van der Waals surface area contributed by atoms with Crippen molar-refractivity contribution in [3.05, 3.63) is 72.2 Å². The number of aromatic nitrogens is 4. The van der Waals surface area contributed by atoms with Gasteiger partial charge in [-0.05, 0) is 43.2 Å². The summed E-state index contributed by atoms with van der Waals surface area (Å²) in [5.74, 6) is 0.343. The van der Waals surface area contributed by atoms with Crippen LogP contribution in [0.2, 0.25) is 0 Å². The molecule has 0 spiro atoms. The number of halogens is 1. The zero-order valence-electron chi connectivity index (χ0n) is 14.6. The maximum atomic E-state index is 14.2. The minimum atomic E-state index is -0.281. The number of benzene rings is 1. The van der Waals surface area contributed by atoms with Gasteiger partial charge in [0.1, 0.15) is 23.6 Å². The van der Waals surface area contributed by atoms with E-state index in [2.05, 4.69) is 15.2 Å². The molecule has 0 unspecified atom stereocenters. The topological polar surface area (TPSA) is 72.5 Å². The van der Waals surface area contributed by atoms with Gasteiger partial charge in [0.25, 0.3) is 0 Å². The van der Waals surface area contributed by atoms with Crippen LogP contribution < -0.4 is 4.74 Å². The molecule has 0 bridgehead atoms. The predicted molar refractivity (Wildman–Crippen MR) is 98.2 cm³/mol. The number of pyridine rings is 2. The van der Waals surface area contributed by atoms with Gasteiger partial charge in [0.05, 0.1) is 13.3 Å². The first-order valence-corrected chi connectivity index (χ1v) is 8.45. The van der Waals surface area contributed by atoms with Crippen molar-refractivity contribution in [2.24, 2.45) is 0 Å². The second kappa shape index (κ2) is 7.03. The molecule has 0 aliphatic heterocycles. The van der Waals surface area contributed by atoms with Gasteiger partial charge in [-0.2, -0.15) is 0 Å². The molecule has 0 saturated carbocycles. The lowest BCUT2D eigenvalue weighted by atomic mass is 10.0. The van der Waals surface area contributed by atoms with Crippen LogP contribution in [0.1, 0.15) is 11.3 Å². The second-order valence-corrected chi connectivity index (χ2v) is 6.12. The number of aromatic hydroxyl groups is 1. The van der Waals surface area contributed by atoms with E-state index in [0.29, 0.717) is 29.8 Å². The maximum Gasteiger partial charge on any atom is 0.168 e. The zero-order chi connectivity index (χ0) is 18.8. The molecule has 1 N–H and O–H groups in total.